The number of fused-ring (bicyclic) bond motifs is 1. The number of benzene rings is 1. The van der Waals surface area contributed by atoms with Crippen molar-refractivity contribution in [3.8, 4) is 0 Å². The highest BCUT2D eigenvalue weighted by Gasteiger charge is 2.35. The van der Waals surface area contributed by atoms with Crippen molar-refractivity contribution in [3.63, 3.8) is 0 Å². The number of likely N-dealkylation sites (tertiary alicyclic amines) is 1. The summed E-state index contributed by atoms with van der Waals surface area (Å²) in [5.74, 6) is -0.404. The molecule has 0 bridgehead atoms. The van der Waals surface area contributed by atoms with E-state index in [2.05, 4.69) is 27.5 Å². The Morgan fingerprint density at radius 1 is 1.16 bits per heavy atom. The number of thiazole rings is 1. The quantitative estimate of drug-likeness (QED) is 0.468. The first-order valence-electron chi connectivity index (χ1n) is 12.4. The molecule has 1 aliphatic carbocycles. The predicted molar refractivity (Wildman–Crippen MR) is 133 cm³/mol. The Kier molecular flexibility index (Phi) is 7.06. The van der Waals surface area contributed by atoms with Crippen LogP contribution in [0.1, 0.15) is 70.0 Å². The van der Waals surface area contributed by atoms with Gasteiger partial charge < -0.3 is 10.2 Å². The van der Waals surface area contributed by atoms with Crippen LogP contribution in [0.4, 0.5) is 13.2 Å². The largest absolute Gasteiger partial charge is 0.435 e. The fraction of sp³-hybridized carbons (Fsp3) is 0.462. The van der Waals surface area contributed by atoms with Crippen LogP contribution in [0.15, 0.2) is 41.2 Å². The highest BCUT2D eigenvalue weighted by atomic mass is 32.2. The number of carbonyl (C=O) groups excluding carboxylic acids is 2. The second-order valence-corrected chi connectivity index (χ2v) is 11.6. The van der Waals surface area contributed by atoms with E-state index in [1.807, 2.05) is 23.0 Å². The van der Waals surface area contributed by atoms with E-state index in [-0.39, 0.29) is 40.1 Å². The van der Waals surface area contributed by atoms with E-state index >= 15 is 0 Å². The van der Waals surface area contributed by atoms with Crippen LogP contribution < -0.4 is 5.32 Å². The molecule has 7 nitrogen and oxygen atoms in total. The first-order valence-corrected chi connectivity index (χ1v) is 13.9. The van der Waals surface area contributed by atoms with E-state index < -0.39 is 11.9 Å². The highest BCUT2D eigenvalue weighted by Crippen LogP contribution is 2.39. The molecule has 1 unspecified atom stereocenters. The van der Waals surface area contributed by atoms with E-state index in [0.29, 0.717) is 24.5 Å². The van der Waals surface area contributed by atoms with Crippen molar-refractivity contribution in [1.29, 1.82) is 0 Å². The van der Waals surface area contributed by atoms with E-state index in [0.717, 1.165) is 42.9 Å². The number of hydrogen-bond acceptors (Lipinski definition) is 4. The molecular weight excluding hydrogens is 503 g/mol. The van der Waals surface area contributed by atoms with Crippen molar-refractivity contribution in [3.05, 3.63) is 69.4 Å². The third-order valence-corrected chi connectivity index (χ3v) is 9.29. The molecule has 2 aromatic heterocycles. The Hall–Kier alpha value is -3.21. The molecule has 196 valence electrons. The molecule has 1 N–H and O–H groups in total. The van der Waals surface area contributed by atoms with Gasteiger partial charge in [0.1, 0.15) is 11.8 Å². The molecule has 0 saturated carbocycles. The molecule has 3 heterocycles. The maximum atomic E-state index is 12.9. The van der Waals surface area contributed by atoms with Crippen molar-refractivity contribution < 1.29 is 22.8 Å². The van der Waals surface area contributed by atoms with Gasteiger partial charge in [-0.2, -0.15) is 23.3 Å². The van der Waals surface area contributed by atoms with Crippen LogP contribution >= 0.6 is 10.5 Å². The van der Waals surface area contributed by atoms with E-state index in [1.165, 1.54) is 18.1 Å². The minimum Gasteiger partial charge on any atom is -0.344 e. The topological polar surface area (TPSA) is 80.1 Å². The second-order valence-electron chi connectivity index (χ2n) is 9.67. The second kappa shape index (κ2) is 10.3. The standard InChI is InChI=1S/C26H28F3N5O2S/c1-17-13-23(26(27,28)29)32-34(17)14-24(35)33-11-9-19(10-12-33)37-15-22(30-16-37)25(36)31-21-8-4-6-18-5-2-3-7-20(18)21/h2-3,5,7,13,15-16,19,21H,4,6,8-12,14H2,1H3/p+1/t21-,37?/m1/s1. The van der Waals surface area contributed by atoms with Crippen LogP contribution in [0.3, 0.4) is 0 Å². The van der Waals surface area contributed by atoms with E-state index in [4.69, 9.17) is 0 Å². The first kappa shape index (κ1) is 25.4. The summed E-state index contributed by atoms with van der Waals surface area (Å²) in [5, 5.41) is 8.93. The average molecular weight is 533 g/mol. The molecular formula is C26H29F3N5O2S+. The Balaban J connectivity index is 1.15. The van der Waals surface area contributed by atoms with Crippen LogP contribution in [-0.2, 0) is 23.9 Å². The van der Waals surface area contributed by atoms with Gasteiger partial charge >= 0.3 is 6.18 Å². The fourth-order valence-corrected chi connectivity index (χ4v) is 6.99. The van der Waals surface area contributed by atoms with Crippen molar-refractivity contribution in [1.82, 2.24) is 25.0 Å². The van der Waals surface area contributed by atoms with Gasteiger partial charge in [-0.3, -0.25) is 14.3 Å². The smallest absolute Gasteiger partial charge is 0.344 e. The number of piperidine rings is 1. The van der Waals surface area contributed by atoms with E-state index in [9.17, 15) is 22.8 Å². The molecule has 2 amide bonds. The Morgan fingerprint density at radius 2 is 1.92 bits per heavy atom. The van der Waals surface area contributed by atoms with E-state index in [1.54, 1.807) is 4.90 Å². The van der Waals surface area contributed by atoms with Gasteiger partial charge in [0, 0.05) is 42.1 Å². The average Bonchev–Trinajstić information content (AvgIpc) is 3.52. The maximum Gasteiger partial charge on any atom is 0.435 e. The molecule has 0 radical (unpaired) electrons. The Labute approximate surface area is 215 Å². The minimum atomic E-state index is -4.54. The minimum absolute atomic E-state index is 0.00387. The van der Waals surface area contributed by atoms with Gasteiger partial charge in [0.25, 0.3) is 5.91 Å². The lowest BCUT2D eigenvalue weighted by molar-refractivity contribution is -0.142. The highest BCUT2D eigenvalue weighted by molar-refractivity contribution is 7.28. The molecule has 5 rings (SSSR count). The van der Waals surface area contributed by atoms with Crippen LogP contribution in [0.2, 0.25) is 0 Å². The van der Waals surface area contributed by atoms with Crippen molar-refractivity contribution in [2.75, 3.05) is 13.1 Å². The fourth-order valence-electron chi connectivity index (χ4n) is 5.15. The van der Waals surface area contributed by atoms with Crippen molar-refractivity contribution in [2.24, 2.45) is 0 Å². The molecule has 1 aliphatic heterocycles. The number of carbonyl (C=O) groups is 2. The summed E-state index contributed by atoms with van der Waals surface area (Å²) in [4.78, 5) is 31.7. The van der Waals surface area contributed by atoms with Gasteiger partial charge in [0.05, 0.1) is 6.04 Å². The molecule has 11 heteroatoms. The third-order valence-electron chi connectivity index (χ3n) is 7.20. The zero-order valence-corrected chi connectivity index (χ0v) is 21.3. The predicted octanol–water partition coefficient (Wildman–Crippen LogP) is 5.03. The summed E-state index contributed by atoms with van der Waals surface area (Å²) in [6.07, 6.45) is -0.0687. The summed E-state index contributed by atoms with van der Waals surface area (Å²) in [7, 11) is -0.288. The van der Waals surface area contributed by atoms with Gasteiger partial charge in [-0.15, -0.1) is 0 Å². The Bertz CT molecular complexity index is 1290. The first-order chi connectivity index (χ1) is 17.7. The molecule has 3 aromatic rings. The summed E-state index contributed by atoms with van der Waals surface area (Å²) in [6.45, 7) is 2.33. The SMILES string of the molecule is Cc1cc(C(F)(F)F)nn1CC(=O)N1CCC([s+]2cnc(C(=O)N[C@@H]3CCCc4ccccc43)c2)CC1. The van der Waals surface area contributed by atoms with Crippen LogP contribution in [0.5, 0.6) is 0 Å². The monoisotopic (exact) mass is 532 g/mol. The van der Waals surface area contributed by atoms with Gasteiger partial charge in [-0.1, -0.05) is 24.3 Å². The number of hydrogen-bond donors (Lipinski definition) is 1. The number of amides is 2. The molecule has 1 saturated heterocycles. The van der Waals surface area contributed by atoms with Crippen LogP contribution in [0, 0.1) is 6.92 Å². The number of nitrogens with zero attached hydrogens (tertiary/aromatic N) is 4. The molecule has 1 aromatic carbocycles. The van der Waals surface area contributed by atoms with Gasteiger partial charge in [0.15, 0.2) is 16.8 Å². The van der Waals surface area contributed by atoms with Crippen LogP contribution in [-0.4, -0.2) is 44.6 Å². The molecule has 1 fully saturated rings. The molecule has 37 heavy (non-hydrogen) atoms. The van der Waals surface area contributed by atoms with Crippen molar-refractivity contribution in [2.45, 2.75) is 63.0 Å². The summed E-state index contributed by atoms with van der Waals surface area (Å²) in [6, 6.07) is 9.17. The lowest BCUT2D eigenvalue weighted by Gasteiger charge is -2.28. The zero-order valence-electron chi connectivity index (χ0n) is 20.5. The van der Waals surface area contributed by atoms with Crippen LogP contribution in [0.25, 0.3) is 0 Å². The third kappa shape index (κ3) is 5.56. The van der Waals surface area contributed by atoms with Gasteiger partial charge in [-0.25, -0.2) is 0 Å². The normalized spacial score (nSPS) is 19.0. The van der Waals surface area contributed by atoms with Crippen molar-refractivity contribution >= 4 is 22.3 Å². The number of alkyl halides is 3. The zero-order chi connectivity index (χ0) is 26.2. The molecule has 0 spiro atoms. The molecule has 2 aliphatic rings. The van der Waals surface area contributed by atoms with Gasteiger partial charge in [-0.05, 0) is 43.4 Å². The summed E-state index contributed by atoms with van der Waals surface area (Å²) >= 11 is 0. The maximum absolute atomic E-state index is 12.9. The number of halogens is 3. The Morgan fingerprint density at radius 3 is 2.65 bits per heavy atom. The number of aromatic nitrogens is 3. The lowest BCUT2D eigenvalue weighted by Crippen LogP contribution is -2.39. The number of aryl methyl sites for hydroxylation is 2. The lowest BCUT2D eigenvalue weighted by atomic mass is 9.88. The number of nitrogens with one attached hydrogen (secondary N) is 1. The van der Waals surface area contributed by atoms with Gasteiger partial charge in [0.2, 0.25) is 11.4 Å². The molecule has 2 atom stereocenters. The summed E-state index contributed by atoms with van der Waals surface area (Å²) in [5.41, 5.74) is 4.06. The summed E-state index contributed by atoms with van der Waals surface area (Å²) < 4.78 is 39.8. The number of rotatable bonds is 5.